The molecular formula is C10H11ClF3NO3. The van der Waals surface area contributed by atoms with Crippen LogP contribution < -0.4 is 0 Å². The van der Waals surface area contributed by atoms with E-state index in [1.807, 2.05) is 0 Å². The first-order valence-corrected chi connectivity index (χ1v) is 5.34. The predicted molar refractivity (Wildman–Crippen MR) is 56.9 cm³/mol. The van der Waals surface area contributed by atoms with Crippen LogP contribution in [0.15, 0.2) is 12.3 Å². The van der Waals surface area contributed by atoms with Crippen molar-refractivity contribution in [2.24, 2.45) is 0 Å². The van der Waals surface area contributed by atoms with Gasteiger partial charge in [-0.1, -0.05) is 11.6 Å². The molecule has 1 aromatic heterocycles. The summed E-state index contributed by atoms with van der Waals surface area (Å²) in [5.41, 5.74) is -1.40. The molecular weight excluding hydrogens is 275 g/mol. The number of nitrogens with zero attached hydrogens (tertiary/aromatic N) is 1. The van der Waals surface area contributed by atoms with E-state index in [0.717, 1.165) is 0 Å². The van der Waals surface area contributed by atoms with Crippen LogP contribution in [0.25, 0.3) is 0 Å². The molecule has 102 valence electrons. The summed E-state index contributed by atoms with van der Waals surface area (Å²) >= 11 is 5.57. The van der Waals surface area contributed by atoms with Gasteiger partial charge in [-0.25, -0.2) is 4.98 Å². The lowest BCUT2D eigenvalue weighted by molar-refractivity contribution is -0.138. The van der Waals surface area contributed by atoms with E-state index >= 15 is 0 Å². The van der Waals surface area contributed by atoms with Gasteiger partial charge in [-0.2, -0.15) is 13.2 Å². The second kappa shape index (κ2) is 5.83. The molecule has 0 fully saturated rings. The lowest BCUT2D eigenvalue weighted by atomic mass is 10.0. The summed E-state index contributed by atoms with van der Waals surface area (Å²) < 4.78 is 37.3. The van der Waals surface area contributed by atoms with Crippen molar-refractivity contribution >= 4 is 11.6 Å². The zero-order valence-corrected chi connectivity index (χ0v) is 9.78. The van der Waals surface area contributed by atoms with Gasteiger partial charge < -0.3 is 15.3 Å². The fourth-order valence-electron chi connectivity index (χ4n) is 1.32. The van der Waals surface area contributed by atoms with E-state index in [2.05, 4.69) is 4.98 Å². The fraction of sp³-hybridized carbons (Fsp3) is 0.500. The third kappa shape index (κ3) is 3.55. The Bertz CT molecular complexity index is 414. The molecule has 18 heavy (non-hydrogen) atoms. The summed E-state index contributed by atoms with van der Waals surface area (Å²) in [5, 5.41) is 27.3. The number of aromatic nitrogens is 1. The molecule has 1 rings (SSSR count). The largest absolute Gasteiger partial charge is 0.417 e. The minimum absolute atomic E-state index is 0.187. The lowest BCUT2D eigenvalue weighted by Gasteiger charge is -2.19. The van der Waals surface area contributed by atoms with E-state index < -0.39 is 30.6 Å². The van der Waals surface area contributed by atoms with Crippen molar-refractivity contribution in [3.63, 3.8) is 0 Å². The van der Waals surface area contributed by atoms with Gasteiger partial charge in [-0.05, 0) is 12.5 Å². The number of hydrogen-bond donors (Lipinski definition) is 3. The Hall–Kier alpha value is -0.890. The maximum absolute atomic E-state index is 12.4. The highest BCUT2D eigenvalue weighted by molar-refractivity contribution is 6.30. The molecule has 8 heteroatoms. The quantitative estimate of drug-likeness (QED) is 0.734. The minimum Gasteiger partial charge on any atom is -0.396 e. The standard InChI is InChI=1S/C10H11ClF3NO3/c11-9-6(8(18)7(17)1-2-16)3-5(4-15-9)10(12,13)14/h3-4,7-8,16-18H,1-2H2. The molecule has 0 saturated heterocycles. The second-order valence-corrected chi connectivity index (χ2v) is 3.98. The average Bonchev–Trinajstić information content (AvgIpc) is 2.27. The topological polar surface area (TPSA) is 73.6 Å². The van der Waals surface area contributed by atoms with Crippen molar-refractivity contribution < 1.29 is 28.5 Å². The molecule has 0 saturated carbocycles. The van der Waals surface area contributed by atoms with Gasteiger partial charge in [-0.3, -0.25) is 0 Å². The lowest BCUT2D eigenvalue weighted by Crippen LogP contribution is -2.21. The maximum Gasteiger partial charge on any atom is 0.417 e. The zero-order chi connectivity index (χ0) is 13.9. The van der Waals surface area contributed by atoms with Crippen molar-refractivity contribution in [2.45, 2.75) is 24.8 Å². The highest BCUT2D eigenvalue weighted by Gasteiger charge is 2.33. The molecule has 0 radical (unpaired) electrons. The molecule has 0 aromatic carbocycles. The van der Waals surface area contributed by atoms with Crippen molar-refractivity contribution in [3.8, 4) is 0 Å². The third-order valence-electron chi connectivity index (χ3n) is 2.30. The Morgan fingerprint density at radius 2 is 1.94 bits per heavy atom. The first kappa shape index (κ1) is 15.2. The second-order valence-electron chi connectivity index (χ2n) is 3.63. The van der Waals surface area contributed by atoms with Gasteiger partial charge in [0.1, 0.15) is 11.3 Å². The van der Waals surface area contributed by atoms with Crippen molar-refractivity contribution in [3.05, 3.63) is 28.5 Å². The van der Waals surface area contributed by atoms with Crippen LogP contribution >= 0.6 is 11.6 Å². The molecule has 1 aromatic rings. The zero-order valence-electron chi connectivity index (χ0n) is 9.02. The van der Waals surface area contributed by atoms with Crippen LogP contribution in [0.5, 0.6) is 0 Å². The molecule has 0 aliphatic heterocycles. The fourth-order valence-corrected chi connectivity index (χ4v) is 1.54. The average molecular weight is 286 g/mol. The Kier molecular flexibility index (Phi) is 4.92. The summed E-state index contributed by atoms with van der Waals surface area (Å²) in [5.74, 6) is 0. The summed E-state index contributed by atoms with van der Waals surface area (Å²) in [4.78, 5) is 3.32. The molecule has 1 heterocycles. The SMILES string of the molecule is OCCC(O)C(O)c1cc(C(F)(F)F)cnc1Cl. The van der Waals surface area contributed by atoms with Gasteiger partial charge in [-0.15, -0.1) is 0 Å². The number of aliphatic hydroxyl groups excluding tert-OH is 3. The van der Waals surface area contributed by atoms with E-state index in [1.165, 1.54) is 0 Å². The van der Waals surface area contributed by atoms with E-state index in [-0.39, 0.29) is 17.1 Å². The molecule has 0 bridgehead atoms. The van der Waals surface area contributed by atoms with Crippen LogP contribution in [0.3, 0.4) is 0 Å². The Morgan fingerprint density at radius 3 is 2.44 bits per heavy atom. The third-order valence-corrected chi connectivity index (χ3v) is 2.62. The van der Waals surface area contributed by atoms with Crippen LogP contribution in [0.4, 0.5) is 13.2 Å². The molecule has 0 spiro atoms. The number of pyridine rings is 1. The highest BCUT2D eigenvalue weighted by Crippen LogP contribution is 2.33. The number of halogens is 4. The van der Waals surface area contributed by atoms with Gasteiger partial charge in [0.2, 0.25) is 0 Å². The molecule has 4 nitrogen and oxygen atoms in total. The first-order chi connectivity index (χ1) is 8.27. The molecule has 2 unspecified atom stereocenters. The maximum atomic E-state index is 12.4. The summed E-state index contributed by atoms with van der Waals surface area (Å²) in [7, 11) is 0. The van der Waals surface area contributed by atoms with Gasteiger partial charge in [0, 0.05) is 18.4 Å². The Labute approximate surface area is 106 Å². The van der Waals surface area contributed by atoms with Gasteiger partial charge in [0.05, 0.1) is 11.7 Å². The van der Waals surface area contributed by atoms with Crippen molar-refractivity contribution in [2.75, 3.05) is 6.61 Å². The smallest absolute Gasteiger partial charge is 0.396 e. The highest BCUT2D eigenvalue weighted by atomic mass is 35.5. The predicted octanol–water partition coefficient (Wildman–Crippen LogP) is 1.53. The molecule has 0 aliphatic rings. The summed E-state index contributed by atoms with van der Waals surface area (Å²) in [6, 6.07) is 0.626. The monoisotopic (exact) mass is 285 g/mol. The number of hydrogen-bond acceptors (Lipinski definition) is 4. The van der Waals surface area contributed by atoms with E-state index in [4.69, 9.17) is 16.7 Å². The van der Waals surface area contributed by atoms with E-state index in [9.17, 15) is 23.4 Å². The van der Waals surface area contributed by atoms with Gasteiger partial charge in [0.15, 0.2) is 0 Å². The number of rotatable bonds is 4. The first-order valence-electron chi connectivity index (χ1n) is 4.97. The van der Waals surface area contributed by atoms with Gasteiger partial charge in [0.25, 0.3) is 0 Å². The Balaban J connectivity index is 3.08. The van der Waals surface area contributed by atoms with Crippen molar-refractivity contribution in [1.82, 2.24) is 4.98 Å². The normalized spacial score (nSPS) is 15.5. The van der Waals surface area contributed by atoms with Crippen LogP contribution in [0.2, 0.25) is 5.15 Å². The van der Waals surface area contributed by atoms with Crippen LogP contribution in [-0.2, 0) is 6.18 Å². The van der Waals surface area contributed by atoms with E-state index in [0.29, 0.717) is 12.3 Å². The minimum atomic E-state index is -4.62. The van der Waals surface area contributed by atoms with Gasteiger partial charge >= 0.3 is 6.18 Å². The van der Waals surface area contributed by atoms with Crippen LogP contribution in [0, 0.1) is 0 Å². The van der Waals surface area contributed by atoms with Crippen LogP contribution in [0.1, 0.15) is 23.7 Å². The van der Waals surface area contributed by atoms with Crippen molar-refractivity contribution in [1.29, 1.82) is 0 Å². The van der Waals surface area contributed by atoms with E-state index in [1.54, 1.807) is 0 Å². The number of alkyl halides is 3. The Morgan fingerprint density at radius 1 is 1.33 bits per heavy atom. The summed E-state index contributed by atoms with van der Waals surface area (Å²) in [6.07, 6.45) is -7.32. The molecule has 0 amide bonds. The molecule has 3 N–H and O–H groups in total. The molecule has 2 atom stereocenters. The molecule has 0 aliphatic carbocycles. The summed E-state index contributed by atoms with van der Waals surface area (Å²) in [6.45, 7) is -0.414. The number of aliphatic hydroxyl groups is 3. The van der Waals surface area contributed by atoms with Crippen LogP contribution in [-0.4, -0.2) is 33.0 Å².